The van der Waals surface area contributed by atoms with E-state index in [9.17, 15) is 4.79 Å². The fraction of sp³-hybridized carbons (Fsp3) is 0.765. The Hall–Kier alpha value is -0.740. The van der Waals surface area contributed by atoms with Gasteiger partial charge in [-0.05, 0) is 49.4 Å². The molecule has 4 aliphatic rings. The van der Waals surface area contributed by atoms with Crippen LogP contribution in [0.15, 0.2) is 12.5 Å². The minimum Gasteiger partial charge on any atom is -0.335 e. The van der Waals surface area contributed by atoms with E-state index in [0.717, 1.165) is 44.5 Å². The Bertz CT molecular complexity index is 636. The van der Waals surface area contributed by atoms with Crippen LogP contribution in [0.5, 0.6) is 0 Å². The number of halogens is 2. The molecule has 1 aromatic rings. The van der Waals surface area contributed by atoms with Crippen molar-refractivity contribution in [2.45, 2.75) is 43.1 Å². The third-order valence-electron chi connectivity index (χ3n) is 6.68. The van der Waals surface area contributed by atoms with Crippen molar-refractivity contribution in [1.29, 1.82) is 0 Å². The van der Waals surface area contributed by atoms with E-state index in [1.165, 1.54) is 0 Å². The second-order valence-electron chi connectivity index (χ2n) is 7.73. The molecule has 0 aromatic carbocycles. The van der Waals surface area contributed by atoms with Crippen LogP contribution in [0.2, 0.25) is 0 Å². The highest BCUT2D eigenvalue weighted by molar-refractivity contribution is 6.51. The zero-order valence-electron chi connectivity index (χ0n) is 13.0. The molecule has 2 heterocycles. The van der Waals surface area contributed by atoms with Gasteiger partial charge >= 0.3 is 0 Å². The first-order chi connectivity index (χ1) is 11.1. The van der Waals surface area contributed by atoms with E-state index in [1.807, 2.05) is 17.4 Å². The van der Waals surface area contributed by atoms with E-state index in [2.05, 4.69) is 9.55 Å². The molecule has 23 heavy (non-hydrogen) atoms. The van der Waals surface area contributed by atoms with E-state index in [1.54, 1.807) is 0 Å². The Morgan fingerprint density at radius 1 is 1.13 bits per heavy atom. The predicted molar refractivity (Wildman–Crippen MR) is 88.0 cm³/mol. The molecule has 5 atom stereocenters. The molecule has 1 aromatic heterocycles. The van der Waals surface area contributed by atoms with E-state index in [0.29, 0.717) is 36.1 Å². The molecule has 1 amide bonds. The number of rotatable bonds is 1. The third-order valence-corrected chi connectivity index (χ3v) is 7.80. The fourth-order valence-electron chi connectivity index (χ4n) is 5.17. The van der Waals surface area contributed by atoms with Gasteiger partial charge in [0.1, 0.15) is 4.33 Å². The van der Waals surface area contributed by atoms with Gasteiger partial charge in [0.05, 0.1) is 18.6 Å². The number of hydrogen-bond donors (Lipinski definition) is 0. The van der Waals surface area contributed by atoms with Gasteiger partial charge in [0.25, 0.3) is 0 Å². The number of alkyl halides is 2. The Morgan fingerprint density at radius 3 is 2.52 bits per heavy atom. The Balaban J connectivity index is 1.25. The Labute approximate surface area is 146 Å². The molecule has 0 spiro atoms. The highest BCUT2D eigenvalue weighted by atomic mass is 35.5. The maximum Gasteiger partial charge on any atom is 0.226 e. The van der Waals surface area contributed by atoms with Crippen molar-refractivity contribution in [2.75, 3.05) is 6.54 Å². The maximum atomic E-state index is 12.9. The lowest BCUT2D eigenvalue weighted by molar-refractivity contribution is -0.134. The van der Waals surface area contributed by atoms with Crippen LogP contribution < -0.4 is 0 Å². The summed E-state index contributed by atoms with van der Waals surface area (Å²) in [6, 6.07) is 0. The lowest BCUT2D eigenvalue weighted by Gasteiger charge is -2.28. The summed E-state index contributed by atoms with van der Waals surface area (Å²) < 4.78 is 1.68. The number of carbonyl (C=O) groups excluding carboxylic acids is 1. The molecule has 3 fully saturated rings. The second-order valence-corrected chi connectivity index (χ2v) is 9.18. The summed E-state index contributed by atoms with van der Waals surface area (Å²) in [5.41, 5.74) is 1.15. The highest BCUT2D eigenvalue weighted by Crippen LogP contribution is 2.67. The zero-order chi connectivity index (χ0) is 15.8. The second kappa shape index (κ2) is 4.89. The predicted octanol–water partition coefficient (Wildman–Crippen LogP) is 3.08. The smallest absolute Gasteiger partial charge is 0.226 e. The minimum absolute atomic E-state index is 0.252. The molecular weight excluding hydrogens is 333 g/mol. The standard InChI is InChI=1S/C17H21Cl2N3O/c18-17(19)13-3-1-11-12(2-4-14(13)17)15(11)16(23)21-5-6-22-9-20-7-10(22)8-21/h7,9,11-15H,1-6,8H2/t11-,12-,13-,14+,15?/m0/s1. The van der Waals surface area contributed by atoms with Crippen LogP contribution in [-0.4, -0.2) is 31.2 Å². The molecule has 0 bridgehead atoms. The van der Waals surface area contributed by atoms with Crippen LogP contribution in [0.1, 0.15) is 31.4 Å². The first-order valence-corrected chi connectivity index (χ1v) is 9.48. The third kappa shape index (κ3) is 2.17. The van der Waals surface area contributed by atoms with Gasteiger partial charge in [0.15, 0.2) is 0 Å². The summed E-state index contributed by atoms with van der Waals surface area (Å²) in [7, 11) is 0. The van der Waals surface area contributed by atoms with Crippen molar-refractivity contribution in [2.24, 2.45) is 29.6 Å². The lowest BCUT2D eigenvalue weighted by atomic mass is 10.0. The summed E-state index contributed by atoms with van der Waals surface area (Å²) >= 11 is 12.7. The normalized spacial score (nSPS) is 40.3. The summed E-state index contributed by atoms with van der Waals surface area (Å²) in [5.74, 6) is 2.69. The van der Waals surface area contributed by atoms with Crippen molar-refractivity contribution in [3.05, 3.63) is 18.2 Å². The molecule has 6 heteroatoms. The molecule has 3 saturated carbocycles. The molecule has 0 radical (unpaired) electrons. The molecule has 4 nitrogen and oxygen atoms in total. The van der Waals surface area contributed by atoms with E-state index in [4.69, 9.17) is 23.2 Å². The van der Waals surface area contributed by atoms with E-state index >= 15 is 0 Å². The number of fused-ring (bicyclic) bond motifs is 3. The molecule has 3 aliphatic carbocycles. The SMILES string of the molecule is O=C(C1[C@H]2CC[C@@H]3[C@H](CC[C@H]12)C3(Cl)Cl)N1CCn2cncc2C1. The van der Waals surface area contributed by atoms with Crippen LogP contribution >= 0.6 is 23.2 Å². The average molecular weight is 354 g/mol. The molecule has 1 aliphatic heterocycles. The largest absolute Gasteiger partial charge is 0.335 e. The summed E-state index contributed by atoms with van der Waals surface area (Å²) in [6.07, 6.45) is 8.16. The number of hydrogen-bond acceptors (Lipinski definition) is 2. The highest BCUT2D eigenvalue weighted by Gasteiger charge is 2.65. The van der Waals surface area contributed by atoms with Gasteiger partial charge in [0.2, 0.25) is 5.91 Å². The average Bonchev–Trinajstić information content (AvgIpc) is 3.20. The molecule has 1 unspecified atom stereocenters. The van der Waals surface area contributed by atoms with Crippen molar-refractivity contribution >= 4 is 29.1 Å². The quantitative estimate of drug-likeness (QED) is 0.727. The summed E-state index contributed by atoms with van der Waals surface area (Å²) in [5, 5.41) is 0. The molecule has 124 valence electrons. The van der Waals surface area contributed by atoms with Crippen molar-refractivity contribution < 1.29 is 4.79 Å². The van der Waals surface area contributed by atoms with Gasteiger partial charge in [-0.3, -0.25) is 4.79 Å². The van der Waals surface area contributed by atoms with E-state index < -0.39 is 4.33 Å². The zero-order valence-corrected chi connectivity index (χ0v) is 14.5. The van der Waals surface area contributed by atoms with Crippen molar-refractivity contribution in [1.82, 2.24) is 14.5 Å². The number of aromatic nitrogens is 2. The minimum atomic E-state index is -0.471. The van der Waals surface area contributed by atoms with Gasteiger partial charge in [0, 0.05) is 25.2 Å². The maximum absolute atomic E-state index is 12.9. The lowest BCUT2D eigenvalue weighted by Crippen LogP contribution is -2.39. The number of amides is 1. The Kier molecular flexibility index (Phi) is 3.10. The van der Waals surface area contributed by atoms with Gasteiger partial charge in [-0.2, -0.15) is 0 Å². The summed E-state index contributed by atoms with van der Waals surface area (Å²) in [6.45, 7) is 2.40. The Morgan fingerprint density at radius 2 is 1.83 bits per heavy atom. The van der Waals surface area contributed by atoms with Crippen molar-refractivity contribution in [3.63, 3.8) is 0 Å². The number of carbonyl (C=O) groups is 1. The van der Waals surface area contributed by atoms with Gasteiger partial charge < -0.3 is 9.47 Å². The van der Waals surface area contributed by atoms with Gasteiger partial charge in [-0.25, -0.2) is 4.98 Å². The van der Waals surface area contributed by atoms with Crippen LogP contribution in [0.25, 0.3) is 0 Å². The molecular formula is C17H21Cl2N3O. The van der Waals surface area contributed by atoms with Crippen molar-refractivity contribution in [3.8, 4) is 0 Å². The van der Waals surface area contributed by atoms with Crippen LogP contribution in [-0.2, 0) is 17.9 Å². The van der Waals surface area contributed by atoms with Gasteiger partial charge in [-0.15, -0.1) is 23.2 Å². The fourth-order valence-corrected chi connectivity index (χ4v) is 6.09. The van der Waals surface area contributed by atoms with Crippen LogP contribution in [0.3, 0.4) is 0 Å². The topological polar surface area (TPSA) is 38.1 Å². The molecule has 5 rings (SSSR count). The van der Waals surface area contributed by atoms with Crippen LogP contribution in [0, 0.1) is 29.6 Å². The van der Waals surface area contributed by atoms with Crippen LogP contribution in [0.4, 0.5) is 0 Å². The van der Waals surface area contributed by atoms with E-state index in [-0.39, 0.29) is 5.92 Å². The monoisotopic (exact) mass is 353 g/mol. The molecule has 0 N–H and O–H groups in total. The summed E-state index contributed by atoms with van der Waals surface area (Å²) in [4.78, 5) is 19.2. The van der Waals surface area contributed by atoms with Gasteiger partial charge in [-0.1, -0.05) is 0 Å². The molecule has 0 saturated heterocycles. The first kappa shape index (κ1) is 14.6. The first-order valence-electron chi connectivity index (χ1n) is 8.73. The number of imidazole rings is 1. The number of nitrogens with zero attached hydrogens (tertiary/aromatic N) is 3.